The number of hydrogen-bond donors (Lipinski definition) is 2. The number of urea groups is 1. The van der Waals surface area contributed by atoms with Crippen LogP contribution in [0.4, 0.5) is 4.79 Å². The quantitative estimate of drug-likeness (QED) is 0.806. The third-order valence-corrected chi connectivity index (χ3v) is 4.93. The van der Waals surface area contributed by atoms with Crippen molar-refractivity contribution in [3.8, 4) is 5.75 Å². The van der Waals surface area contributed by atoms with Gasteiger partial charge in [-0.05, 0) is 44.7 Å². The number of nitrogens with one attached hydrogen (secondary N) is 2. The molecular formula is C18H23N3O4. The second kappa shape index (κ2) is 6.38. The molecule has 2 aliphatic rings. The van der Waals surface area contributed by atoms with E-state index in [4.69, 9.17) is 4.74 Å². The Balaban J connectivity index is 1.57. The summed E-state index contributed by atoms with van der Waals surface area (Å²) >= 11 is 0. The zero-order valence-corrected chi connectivity index (χ0v) is 14.8. The lowest BCUT2D eigenvalue weighted by molar-refractivity contribution is -0.137. The predicted octanol–water partition coefficient (Wildman–Crippen LogP) is 1.19. The minimum Gasteiger partial charge on any atom is -0.483 e. The van der Waals surface area contributed by atoms with Crippen molar-refractivity contribution < 1.29 is 19.1 Å². The van der Waals surface area contributed by atoms with Gasteiger partial charge >= 0.3 is 6.03 Å². The number of amides is 4. The molecule has 0 atom stereocenters. The fourth-order valence-corrected chi connectivity index (χ4v) is 3.64. The van der Waals surface area contributed by atoms with E-state index in [0.29, 0.717) is 25.9 Å². The summed E-state index contributed by atoms with van der Waals surface area (Å²) in [5, 5.41) is 4.96. The maximum Gasteiger partial charge on any atom is 0.322 e. The van der Waals surface area contributed by atoms with Gasteiger partial charge in [-0.2, -0.15) is 0 Å². The number of imide groups is 1. The molecule has 0 bridgehead atoms. The van der Waals surface area contributed by atoms with E-state index >= 15 is 0 Å². The molecule has 0 aliphatic carbocycles. The molecule has 0 unspecified atom stereocenters. The number of ether oxygens (including phenoxy) is 1. The highest BCUT2D eigenvalue weighted by Crippen LogP contribution is 2.27. The van der Waals surface area contributed by atoms with Gasteiger partial charge in [-0.25, -0.2) is 4.79 Å². The Morgan fingerprint density at radius 2 is 1.76 bits per heavy atom. The van der Waals surface area contributed by atoms with E-state index in [9.17, 15) is 14.4 Å². The number of likely N-dealkylation sites (tertiary alicyclic amines) is 1. The largest absolute Gasteiger partial charge is 0.483 e. The topological polar surface area (TPSA) is 87.7 Å². The van der Waals surface area contributed by atoms with Crippen LogP contribution in [-0.4, -0.2) is 48.0 Å². The van der Waals surface area contributed by atoms with Crippen molar-refractivity contribution in [3.63, 3.8) is 0 Å². The number of nitrogens with zero attached hydrogens (tertiary/aromatic N) is 1. The molecule has 134 valence electrons. The number of rotatable bonds is 3. The van der Waals surface area contributed by atoms with Crippen LogP contribution >= 0.6 is 0 Å². The van der Waals surface area contributed by atoms with Crippen LogP contribution in [0, 0.1) is 20.8 Å². The second-order valence-corrected chi connectivity index (χ2v) is 6.89. The Morgan fingerprint density at radius 1 is 1.16 bits per heavy atom. The van der Waals surface area contributed by atoms with Crippen molar-refractivity contribution in [1.29, 1.82) is 0 Å². The lowest BCUT2D eigenvalue weighted by atomic mass is 9.88. The average molecular weight is 345 g/mol. The molecule has 4 amide bonds. The van der Waals surface area contributed by atoms with Crippen LogP contribution in [0.5, 0.6) is 5.75 Å². The summed E-state index contributed by atoms with van der Waals surface area (Å²) in [6, 6.07) is 3.59. The van der Waals surface area contributed by atoms with Crippen molar-refractivity contribution in [2.45, 2.75) is 39.2 Å². The normalized spacial score (nSPS) is 18.9. The van der Waals surface area contributed by atoms with Gasteiger partial charge in [0.25, 0.3) is 11.8 Å². The van der Waals surface area contributed by atoms with Gasteiger partial charge in [-0.15, -0.1) is 0 Å². The van der Waals surface area contributed by atoms with Crippen LogP contribution in [-0.2, 0) is 9.59 Å². The zero-order valence-electron chi connectivity index (χ0n) is 14.8. The number of aryl methyl sites for hydroxylation is 3. The molecule has 0 aromatic heterocycles. The van der Waals surface area contributed by atoms with Gasteiger partial charge in [0.1, 0.15) is 11.3 Å². The molecule has 1 aromatic rings. The SMILES string of the molecule is Cc1cc(C)c(OCC(=O)N2CCC3(CC2)NC(=O)NC3=O)c(C)c1. The molecule has 1 aromatic carbocycles. The number of carbonyl (C=O) groups excluding carboxylic acids is 3. The van der Waals surface area contributed by atoms with Gasteiger partial charge in [-0.3, -0.25) is 14.9 Å². The van der Waals surface area contributed by atoms with Crippen LogP contribution < -0.4 is 15.4 Å². The first-order chi connectivity index (χ1) is 11.8. The van der Waals surface area contributed by atoms with E-state index < -0.39 is 11.6 Å². The highest BCUT2D eigenvalue weighted by atomic mass is 16.5. The smallest absolute Gasteiger partial charge is 0.322 e. The molecule has 7 heteroatoms. The van der Waals surface area contributed by atoms with Crippen molar-refractivity contribution in [2.75, 3.05) is 19.7 Å². The molecule has 1 spiro atoms. The number of hydrogen-bond acceptors (Lipinski definition) is 4. The minimum absolute atomic E-state index is 0.0315. The molecule has 2 N–H and O–H groups in total. The van der Waals surface area contributed by atoms with E-state index in [2.05, 4.69) is 10.6 Å². The van der Waals surface area contributed by atoms with Gasteiger partial charge in [-0.1, -0.05) is 17.7 Å². The summed E-state index contributed by atoms with van der Waals surface area (Å²) in [6.07, 6.45) is 0.831. The third kappa shape index (κ3) is 3.31. The Labute approximate surface area is 146 Å². The zero-order chi connectivity index (χ0) is 18.2. The fourth-order valence-electron chi connectivity index (χ4n) is 3.64. The van der Waals surface area contributed by atoms with Crippen LogP contribution in [0.15, 0.2) is 12.1 Å². The molecule has 0 radical (unpaired) electrons. The summed E-state index contributed by atoms with van der Waals surface area (Å²) in [4.78, 5) is 37.4. The summed E-state index contributed by atoms with van der Waals surface area (Å²) in [5.74, 6) is 0.334. The number of benzene rings is 1. The summed E-state index contributed by atoms with van der Waals surface area (Å²) in [5.41, 5.74) is 2.31. The standard InChI is InChI=1S/C18H23N3O4/c1-11-8-12(2)15(13(3)9-11)25-10-14(22)21-6-4-18(5-7-21)16(23)19-17(24)20-18/h8-9H,4-7,10H2,1-3H3,(H2,19,20,23,24). The summed E-state index contributed by atoms with van der Waals surface area (Å²) in [7, 11) is 0. The van der Waals surface area contributed by atoms with Gasteiger partial charge in [0.15, 0.2) is 6.61 Å². The lowest BCUT2D eigenvalue weighted by Crippen LogP contribution is -2.56. The summed E-state index contributed by atoms with van der Waals surface area (Å²) < 4.78 is 5.75. The Kier molecular flexibility index (Phi) is 4.41. The van der Waals surface area contributed by atoms with Crippen LogP contribution in [0.2, 0.25) is 0 Å². The third-order valence-electron chi connectivity index (χ3n) is 4.93. The first-order valence-electron chi connectivity index (χ1n) is 8.43. The first-order valence-corrected chi connectivity index (χ1v) is 8.43. The molecular weight excluding hydrogens is 322 g/mol. The van der Waals surface area contributed by atoms with Gasteiger partial charge in [0.2, 0.25) is 0 Å². The minimum atomic E-state index is -0.862. The van der Waals surface area contributed by atoms with Crippen LogP contribution in [0.25, 0.3) is 0 Å². The lowest BCUT2D eigenvalue weighted by Gasteiger charge is -2.36. The Morgan fingerprint density at radius 3 is 2.28 bits per heavy atom. The fraction of sp³-hybridized carbons (Fsp3) is 0.500. The molecule has 2 heterocycles. The van der Waals surface area contributed by atoms with E-state index in [0.717, 1.165) is 22.4 Å². The van der Waals surface area contributed by atoms with E-state index in [1.54, 1.807) is 4.90 Å². The van der Waals surface area contributed by atoms with Gasteiger partial charge < -0.3 is 15.0 Å². The van der Waals surface area contributed by atoms with E-state index in [1.165, 1.54) is 0 Å². The van der Waals surface area contributed by atoms with Crippen molar-refractivity contribution in [1.82, 2.24) is 15.5 Å². The average Bonchev–Trinajstić information content (AvgIpc) is 2.80. The van der Waals surface area contributed by atoms with Crippen molar-refractivity contribution >= 4 is 17.8 Å². The highest BCUT2D eigenvalue weighted by molar-refractivity contribution is 6.07. The molecule has 3 rings (SSSR count). The monoisotopic (exact) mass is 345 g/mol. The Hall–Kier alpha value is -2.57. The molecule has 2 saturated heterocycles. The Bertz CT molecular complexity index is 713. The molecule has 2 aliphatic heterocycles. The number of piperidine rings is 1. The molecule has 2 fully saturated rings. The first kappa shape index (κ1) is 17.3. The van der Waals surface area contributed by atoms with E-state index in [-0.39, 0.29) is 18.4 Å². The van der Waals surface area contributed by atoms with Gasteiger partial charge in [0, 0.05) is 13.1 Å². The highest BCUT2D eigenvalue weighted by Gasteiger charge is 2.48. The maximum absolute atomic E-state index is 12.4. The molecule has 7 nitrogen and oxygen atoms in total. The van der Waals surface area contributed by atoms with Crippen LogP contribution in [0.1, 0.15) is 29.5 Å². The molecule has 25 heavy (non-hydrogen) atoms. The van der Waals surface area contributed by atoms with Crippen LogP contribution in [0.3, 0.4) is 0 Å². The predicted molar refractivity (Wildman–Crippen MR) is 91.4 cm³/mol. The van der Waals surface area contributed by atoms with E-state index in [1.807, 2.05) is 32.9 Å². The number of carbonyl (C=O) groups is 3. The van der Waals surface area contributed by atoms with Crippen molar-refractivity contribution in [3.05, 3.63) is 28.8 Å². The maximum atomic E-state index is 12.4. The second-order valence-electron chi connectivity index (χ2n) is 6.89. The van der Waals surface area contributed by atoms with Gasteiger partial charge in [0.05, 0.1) is 0 Å². The molecule has 0 saturated carbocycles. The summed E-state index contributed by atoms with van der Waals surface area (Å²) in [6.45, 7) is 6.76. The van der Waals surface area contributed by atoms with Crippen molar-refractivity contribution in [2.24, 2.45) is 0 Å².